The first-order chi connectivity index (χ1) is 15.6. The molecule has 0 bridgehead atoms. The van der Waals surface area contributed by atoms with Crippen molar-refractivity contribution < 1.29 is 23.1 Å². The van der Waals surface area contributed by atoms with Crippen LogP contribution in [-0.2, 0) is 4.79 Å². The van der Waals surface area contributed by atoms with E-state index in [1.165, 1.54) is 13.2 Å². The average Bonchev–Trinajstić information content (AvgIpc) is 2.77. The van der Waals surface area contributed by atoms with E-state index in [-0.39, 0.29) is 23.5 Å². The smallest absolute Gasteiger partial charge is 0.344 e. The van der Waals surface area contributed by atoms with Gasteiger partial charge in [-0.15, -0.1) is 0 Å². The highest BCUT2D eigenvalue weighted by molar-refractivity contribution is 5.97. The zero-order valence-electron chi connectivity index (χ0n) is 19.1. The minimum Gasteiger partial charge on any atom is -0.493 e. The maximum absolute atomic E-state index is 12.9. The Morgan fingerprint density at radius 1 is 0.939 bits per heavy atom. The van der Waals surface area contributed by atoms with Gasteiger partial charge in [0.1, 0.15) is 17.9 Å². The molecule has 0 unspecified atom stereocenters. The largest absolute Gasteiger partial charge is 0.493 e. The Morgan fingerprint density at radius 3 is 2.39 bits per heavy atom. The number of aryl methyl sites for hydroxylation is 1. The van der Waals surface area contributed by atoms with Gasteiger partial charge in [0.05, 0.1) is 12.7 Å². The first kappa shape index (κ1) is 22.3. The summed E-state index contributed by atoms with van der Waals surface area (Å²) in [4.78, 5) is 37.5. The summed E-state index contributed by atoms with van der Waals surface area (Å²) in [5.74, 6) is 0.813. The van der Waals surface area contributed by atoms with Crippen LogP contribution in [-0.4, -0.2) is 19.5 Å². The van der Waals surface area contributed by atoms with Crippen LogP contribution in [0.2, 0.25) is 0 Å². The van der Waals surface area contributed by atoms with Crippen molar-refractivity contribution in [3.63, 3.8) is 0 Å². The van der Waals surface area contributed by atoms with E-state index < -0.39 is 16.7 Å². The van der Waals surface area contributed by atoms with Crippen LogP contribution >= 0.6 is 0 Å². The minimum absolute atomic E-state index is 0.0543. The number of carbonyl (C=O) groups excluding carboxylic acids is 1. The average molecular weight is 448 g/mol. The molecule has 2 aromatic heterocycles. The second-order valence-electron chi connectivity index (χ2n) is 8.83. The molecule has 0 atom stereocenters. The van der Waals surface area contributed by atoms with E-state index in [2.05, 4.69) is 0 Å². The molecular formula is C26H24O7. The van der Waals surface area contributed by atoms with E-state index in [0.29, 0.717) is 39.0 Å². The summed E-state index contributed by atoms with van der Waals surface area (Å²) < 4.78 is 22.0. The molecule has 2 aromatic carbocycles. The van der Waals surface area contributed by atoms with Gasteiger partial charge < -0.3 is 18.3 Å². The molecule has 0 amide bonds. The Balaban J connectivity index is 1.86. The van der Waals surface area contributed by atoms with Crippen LogP contribution in [0.5, 0.6) is 11.5 Å². The zero-order valence-corrected chi connectivity index (χ0v) is 19.1. The topological polar surface area (TPSA) is 96.0 Å². The number of para-hydroxylation sites is 1. The first-order valence-electron chi connectivity index (χ1n) is 10.4. The van der Waals surface area contributed by atoms with Crippen molar-refractivity contribution in [1.82, 2.24) is 0 Å². The third-order valence-corrected chi connectivity index (χ3v) is 5.54. The number of rotatable bonds is 5. The van der Waals surface area contributed by atoms with Crippen molar-refractivity contribution in [3.8, 4) is 22.6 Å². The second-order valence-corrected chi connectivity index (χ2v) is 8.83. The van der Waals surface area contributed by atoms with E-state index in [9.17, 15) is 14.4 Å². The van der Waals surface area contributed by atoms with Crippen molar-refractivity contribution >= 4 is 27.7 Å². The molecule has 0 N–H and O–H groups in total. The number of hydrogen-bond donors (Lipinski definition) is 0. The molecule has 4 aromatic rings. The maximum Gasteiger partial charge on any atom is 0.344 e. The van der Waals surface area contributed by atoms with Gasteiger partial charge >= 0.3 is 11.3 Å². The molecule has 0 radical (unpaired) electrons. The SMILES string of the molecule is COc1cccc2cc(-c3cc(=O)oc4c(C)c(OCC(=O)C(C)(C)C)ccc34)c(=O)oc12. The molecule has 0 aliphatic rings. The predicted molar refractivity (Wildman–Crippen MR) is 125 cm³/mol. The Kier molecular flexibility index (Phi) is 5.57. The molecule has 0 aliphatic heterocycles. The van der Waals surface area contributed by atoms with Crippen molar-refractivity contribution in [2.24, 2.45) is 5.41 Å². The third-order valence-electron chi connectivity index (χ3n) is 5.54. The van der Waals surface area contributed by atoms with Gasteiger partial charge in [0.25, 0.3) is 0 Å². The van der Waals surface area contributed by atoms with Crippen LogP contribution in [0, 0.1) is 12.3 Å². The van der Waals surface area contributed by atoms with Crippen LogP contribution in [0.15, 0.2) is 60.9 Å². The van der Waals surface area contributed by atoms with Crippen molar-refractivity contribution in [1.29, 1.82) is 0 Å². The fraction of sp³-hybridized carbons (Fsp3) is 0.269. The number of carbonyl (C=O) groups is 1. The van der Waals surface area contributed by atoms with Crippen LogP contribution in [0.1, 0.15) is 26.3 Å². The van der Waals surface area contributed by atoms with E-state index >= 15 is 0 Å². The normalized spacial score (nSPS) is 11.7. The summed E-state index contributed by atoms with van der Waals surface area (Å²) in [5, 5.41) is 1.21. The highest BCUT2D eigenvalue weighted by Crippen LogP contribution is 2.34. The molecule has 4 rings (SSSR count). The van der Waals surface area contributed by atoms with Crippen molar-refractivity contribution in [2.45, 2.75) is 27.7 Å². The van der Waals surface area contributed by atoms with E-state index in [4.69, 9.17) is 18.3 Å². The molecule has 7 heteroatoms. The number of fused-ring (bicyclic) bond motifs is 2. The van der Waals surface area contributed by atoms with Gasteiger partial charge in [-0.05, 0) is 31.2 Å². The number of ether oxygens (including phenoxy) is 2. The van der Waals surface area contributed by atoms with Crippen molar-refractivity contribution in [3.05, 3.63) is 68.9 Å². The first-order valence-corrected chi connectivity index (χ1v) is 10.4. The lowest BCUT2D eigenvalue weighted by Crippen LogP contribution is -2.26. The van der Waals surface area contributed by atoms with Gasteiger partial charge in [-0.2, -0.15) is 0 Å². The molecule has 0 fully saturated rings. The van der Waals surface area contributed by atoms with Gasteiger partial charge in [-0.1, -0.05) is 32.9 Å². The highest BCUT2D eigenvalue weighted by Gasteiger charge is 2.23. The van der Waals surface area contributed by atoms with E-state index in [1.807, 2.05) is 20.8 Å². The van der Waals surface area contributed by atoms with Crippen LogP contribution in [0.3, 0.4) is 0 Å². The molecule has 0 saturated heterocycles. The van der Waals surface area contributed by atoms with Gasteiger partial charge in [0.2, 0.25) is 0 Å². The van der Waals surface area contributed by atoms with Crippen molar-refractivity contribution in [2.75, 3.05) is 13.7 Å². The number of ketones is 1. The Bertz CT molecular complexity index is 1500. The summed E-state index contributed by atoms with van der Waals surface area (Å²) in [6, 6.07) is 11.6. The molecule has 0 aliphatic carbocycles. The number of hydrogen-bond acceptors (Lipinski definition) is 7. The monoisotopic (exact) mass is 448 g/mol. The van der Waals surface area contributed by atoms with Gasteiger partial charge in [-0.3, -0.25) is 4.79 Å². The lowest BCUT2D eigenvalue weighted by atomic mass is 9.91. The predicted octanol–water partition coefficient (Wildman–Crippen LogP) is 4.88. The fourth-order valence-corrected chi connectivity index (χ4v) is 3.55. The maximum atomic E-state index is 12.9. The van der Waals surface area contributed by atoms with Gasteiger partial charge in [0, 0.05) is 33.4 Å². The van der Waals surface area contributed by atoms with Crippen LogP contribution < -0.4 is 20.7 Å². The van der Waals surface area contributed by atoms with Crippen LogP contribution in [0.4, 0.5) is 0 Å². The zero-order chi connectivity index (χ0) is 23.9. The highest BCUT2D eigenvalue weighted by atomic mass is 16.5. The van der Waals surface area contributed by atoms with Gasteiger partial charge in [-0.25, -0.2) is 9.59 Å². The lowest BCUT2D eigenvalue weighted by Gasteiger charge is -2.18. The standard InChI is InChI=1S/C26H24O7/c1-14-19(31-13-21(27)26(2,3)4)10-9-16-17(12-22(28)32-23(14)16)18-11-15-7-6-8-20(30-5)24(15)33-25(18)29/h6-12H,13H2,1-5H3. The quantitative estimate of drug-likeness (QED) is 0.402. The van der Waals surface area contributed by atoms with Crippen LogP contribution in [0.25, 0.3) is 33.1 Å². The Labute approximate surface area is 189 Å². The molecule has 33 heavy (non-hydrogen) atoms. The minimum atomic E-state index is -0.617. The number of methoxy groups -OCH3 is 1. The van der Waals surface area contributed by atoms with E-state index in [1.54, 1.807) is 43.3 Å². The molecule has 2 heterocycles. The molecule has 7 nitrogen and oxygen atoms in total. The summed E-state index contributed by atoms with van der Waals surface area (Å²) in [6.07, 6.45) is 0. The summed E-state index contributed by atoms with van der Waals surface area (Å²) in [6.45, 7) is 7.10. The number of Topliss-reactive ketones (excluding diaryl/α,β-unsaturated/α-hetero) is 1. The lowest BCUT2D eigenvalue weighted by molar-refractivity contribution is -0.128. The summed E-state index contributed by atoms with van der Waals surface area (Å²) in [5.41, 5.74) is 0.0305. The fourth-order valence-electron chi connectivity index (χ4n) is 3.55. The molecule has 0 spiro atoms. The summed E-state index contributed by atoms with van der Waals surface area (Å²) >= 11 is 0. The molecule has 170 valence electrons. The Morgan fingerprint density at radius 2 is 1.70 bits per heavy atom. The second kappa shape index (κ2) is 8.24. The number of benzene rings is 2. The van der Waals surface area contributed by atoms with E-state index in [0.717, 1.165) is 0 Å². The summed E-state index contributed by atoms with van der Waals surface area (Å²) in [7, 11) is 1.50. The third kappa shape index (κ3) is 4.14. The Hall–Kier alpha value is -3.87. The van der Waals surface area contributed by atoms with Gasteiger partial charge in [0.15, 0.2) is 17.1 Å². The molecular weight excluding hydrogens is 424 g/mol. The molecule has 0 saturated carbocycles.